The maximum absolute atomic E-state index is 9.38. The van der Waals surface area contributed by atoms with Gasteiger partial charge in [-0.25, -0.2) is 0 Å². The van der Waals surface area contributed by atoms with E-state index in [1.54, 1.807) is 0 Å². The van der Waals surface area contributed by atoms with Gasteiger partial charge >= 0.3 is 0 Å². The molecule has 0 saturated carbocycles. The molecule has 2 N–H and O–H groups in total. The van der Waals surface area contributed by atoms with Gasteiger partial charge in [0.15, 0.2) is 12.6 Å². The lowest BCUT2D eigenvalue weighted by molar-refractivity contribution is -0.183. The van der Waals surface area contributed by atoms with Crippen LogP contribution in [-0.4, -0.2) is 22.8 Å². The molecule has 0 spiro atoms. The minimum absolute atomic E-state index is 0.396. The van der Waals surface area contributed by atoms with E-state index in [9.17, 15) is 10.2 Å². The van der Waals surface area contributed by atoms with Gasteiger partial charge in [0.2, 0.25) is 0 Å². The van der Waals surface area contributed by atoms with Crippen LogP contribution in [0.3, 0.4) is 0 Å². The summed E-state index contributed by atoms with van der Waals surface area (Å²) < 4.78 is 4.90. The molecule has 0 aromatic heterocycles. The number of hydrogen-bond acceptors (Lipinski definition) is 3. The first-order chi connectivity index (χ1) is 4.80. The fraction of sp³-hybridized carbons (Fsp3) is 1.00. The van der Waals surface area contributed by atoms with E-state index in [-0.39, 0.29) is 0 Å². The SMILES string of the molecule is CC1(C)[C@H](O)O[C@H](O)C1(C)C. The van der Waals surface area contributed by atoms with E-state index in [1.165, 1.54) is 0 Å². The zero-order valence-corrected chi connectivity index (χ0v) is 7.46. The Bertz CT molecular complexity index is 145. The highest BCUT2D eigenvalue weighted by atomic mass is 16.7. The van der Waals surface area contributed by atoms with Gasteiger partial charge in [0, 0.05) is 10.8 Å². The Labute approximate surface area is 67.0 Å². The highest BCUT2D eigenvalue weighted by Crippen LogP contribution is 2.50. The molecule has 0 aromatic carbocycles. The van der Waals surface area contributed by atoms with Gasteiger partial charge in [-0.2, -0.15) is 0 Å². The molecule has 0 bridgehead atoms. The first-order valence-corrected chi connectivity index (χ1v) is 3.82. The summed E-state index contributed by atoms with van der Waals surface area (Å²) in [6, 6.07) is 0. The normalized spacial score (nSPS) is 40.9. The van der Waals surface area contributed by atoms with Crippen molar-refractivity contribution in [3.05, 3.63) is 0 Å². The van der Waals surface area contributed by atoms with Gasteiger partial charge in [0.1, 0.15) is 0 Å². The Balaban J connectivity index is 2.95. The lowest BCUT2D eigenvalue weighted by atomic mass is 9.69. The number of aliphatic hydroxyl groups is 2. The van der Waals surface area contributed by atoms with Crippen LogP contribution < -0.4 is 0 Å². The zero-order chi connectivity index (χ0) is 8.86. The lowest BCUT2D eigenvalue weighted by Crippen LogP contribution is -2.38. The number of hydrogen-bond donors (Lipinski definition) is 2. The molecule has 11 heavy (non-hydrogen) atoms. The van der Waals surface area contributed by atoms with Crippen molar-refractivity contribution in [1.82, 2.24) is 0 Å². The third kappa shape index (κ3) is 0.991. The molecule has 1 aliphatic heterocycles. The molecule has 3 heteroatoms. The summed E-state index contributed by atoms with van der Waals surface area (Å²) in [6.45, 7) is 7.53. The van der Waals surface area contributed by atoms with Crippen LogP contribution in [0, 0.1) is 10.8 Å². The van der Waals surface area contributed by atoms with Gasteiger partial charge in [-0.1, -0.05) is 27.7 Å². The number of rotatable bonds is 0. The third-order valence-corrected chi connectivity index (χ3v) is 3.15. The van der Waals surface area contributed by atoms with Crippen molar-refractivity contribution in [2.24, 2.45) is 10.8 Å². The predicted octanol–water partition coefficient (Wildman–Crippen LogP) is 0.706. The molecule has 3 nitrogen and oxygen atoms in total. The van der Waals surface area contributed by atoms with Crippen LogP contribution >= 0.6 is 0 Å². The second kappa shape index (κ2) is 2.19. The quantitative estimate of drug-likeness (QED) is 0.548. The fourth-order valence-electron chi connectivity index (χ4n) is 1.10. The van der Waals surface area contributed by atoms with E-state index < -0.39 is 23.4 Å². The highest BCUT2D eigenvalue weighted by Gasteiger charge is 2.55. The van der Waals surface area contributed by atoms with E-state index in [0.717, 1.165) is 0 Å². The van der Waals surface area contributed by atoms with E-state index >= 15 is 0 Å². The molecular weight excluding hydrogens is 144 g/mol. The van der Waals surface area contributed by atoms with E-state index in [0.29, 0.717) is 0 Å². The molecule has 1 aliphatic rings. The van der Waals surface area contributed by atoms with Crippen LogP contribution in [0.15, 0.2) is 0 Å². The zero-order valence-electron chi connectivity index (χ0n) is 7.46. The summed E-state index contributed by atoms with van der Waals surface area (Å²) in [6.07, 6.45) is -1.74. The monoisotopic (exact) mass is 160 g/mol. The molecular formula is C8H16O3. The Hall–Kier alpha value is -0.120. The second-order valence-electron chi connectivity index (χ2n) is 4.28. The highest BCUT2D eigenvalue weighted by molar-refractivity contribution is 4.95. The summed E-state index contributed by atoms with van der Waals surface area (Å²) in [5.41, 5.74) is -0.793. The summed E-state index contributed by atoms with van der Waals surface area (Å²) in [5, 5.41) is 18.8. The van der Waals surface area contributed by atoms with Gasteiger partial charge in [0.25, 0.3) is 0 Å². The van der Waals surface area contributed by atoms with Crippen molar-refractivity contribution in [3.8, 4) is 0 Å². The van der Waals surface area contributed by atoms with Crippen LogP contribution in [0.25, 0.3) is 0 Å². The lowest BCUT2D eigenvalue weighted by Gasteiger charge is -2.34. The molecule has 0 unspecified atom stereocenters. The van der Waals surface area contributed by atoms with Gasteiger partial charge < -0.3 is 14.9 Å². The van der Waals surface area contributed by atoms with Crippen LogP contribution in [-0.2, 0) is 4.74 Å². The summed E-state index contributed by atoms with van der Waals surface area (Å²) >= 11 is 0. The molecule has 0 aliphatic carbocycles. The Morgan fingerprint density at radius 3 is 1.27 bits per heavy atom. The van der Waals surface area contributed by atoms with Crippen molar-refractivity contribution in [1.29, 1.82) is 0 Å². The Kier molecular flexibility index (Phi) is 1.78. The van der Waals surface area contributed by atoms with Crippen molar-refractivity contribution in [3.63, 3.8) is 0 Å². The van der Waals surface area contributed by atoms with Crippen molar-refractivity contribution < 1.29 is 14.9 Å². The molecule has 0 aromatic rings. The first kappa shape index (κ1) is 8.97. The van der Waals surface area contributed by atoms with Gasteiger partial charge in [0.05, 0.1) is 0 Å². The topological polar surface area (TPSA) is 49.7 Å². The molecule has 0 radical (unpaired) electrons. The van der Waals surface area contributed by atoms with Crippen LogP contribution in [0.5, 0.6) is 0 Å². The average molecular weight is 160 g/mol. The molecule has 0 amide bonds. The standard InChI is InChI=1S/C8H16O3/c1-7(2)5(9)11-6(10)8(7,3)4/h5-6,9-10H,1-4H3/t5-,6+. The van der Waals surface area contributed by atoms with E-state index in [2.05, 4.69) is 0 Å². The van der Waals surface area contributed by atoms with Crippen molar-refractivity contribution in [2.75, 3.05) is 0 Å². The van der Waals surface area contributed by atoms with E-state index in [4.69, 9.17) is 4.74 Å². The average Bonchev–Trinajstić information content (AvgIpc) is 1.95. The Morgan fingerprint density at radius 1 is 0.909 bits per heavy atom. The van der Waals surface area contributed by atoms with Crippen molar-refractivity contribution >= 4 is 0 Å². The maximum atomic E-state index is 9.38. The molecule has 2 atom stereocenters. The summed E-state index contributed by atoms with van der Waals surface area (Å²) in [4.78, 5) is 0. The summed E-state index contributed by atoms with van der Waals surface area (Å²) in [5.74, 6) is 0. The maximum Gasteiger partial charge on any atom is 0.163 e. The molecule has 1 fully saturated rings. The molecule has 1 saturated heterocycles. The van der Waals surface area contributed by atoms with Gasteiger partial charge in [-0.05, 0) is 0 Å². The second-order valence-corrected chi connectivity index (χ2v) is 4.28. The smallest absolute Gasteiger partial charge is 0.163 e. The van der Waals surface area contributed by atoms with Crippen LogP contribution in [0.2, 0.25) is 0 Å². The van der Waals surface area contributed by atoms with E-state index in [1.807, 2.05) is 27.7 Å². The van der Waals surface area contributed by atoms with Crippen LogP contribution in [0.1, 0.15) is 27.7 Å². The minimum Gasteiger partial charge on any atom is -0.367 e. The van der Waals surface area contributed by atoms with Crippen molar-refractivity contribution in [2.45, 2.75) is 40.3 Å². The first-order valence-electron chi connectivity index (χ1n) is 3.82. The Morgan fingerprint density at radius 2 is 1.18 bits per heavy atom. The summed E-state index contributed by atoms with van der Waals surface area (Å²) in [7, 11) is 0. The predicted molar refractivity (Wildman–Crippen MR) is 40.7 cm³/mol. The third-order valence-electron chi connectivity index (χ3n) is 3.15. The number of ether oxygens (including phenoxy) is 1. The van der Waals surface area contributed by atoms with Gasteiger partial charge in [-0.3, -0.25) is 0 Å². The molecule has 1 heterocycles. The largest absolute Gasteiger partial charge is 0.367 e. The minimum atomic E-state index is -0.868. The van der Waals surface area contributed by atoms with Gasteiger partial charge in [-0.15, -0.1) is 0 Å². The fourth-order valence-corrected chi connectivity index (χ4v) is 1.10. The molecule has 66 valence electrons. The molecule has 1 rings (SSSR count). The van der Waals surface area contributed by atoms with Crippen LogP contribution in [0.4, 0.5) is 0 Å². The number of aliphatic hydroxyl groups excluding tert-OH is 2.